The molecule has 1 aliphatic carbocycles. The van der Waals surface area contributed by atoms with Crippen LogP contribution >= 0.6 is 26.6 Å². The van der Waals surface area contributed by atoms with Crippen LogP contribution in [0.1, 0.15) is 35.7 Å². The van der Waals surface area contributed by atoms with Crippen molar-refractivity contribution in [2.24, 2.45) is 5.92 Å². The van der Waals surface area contributed by atoms with Crippen LogP contribution in [0.25, 0.3) is 0 Å². The molecule has 1 amide bonds. The Morgan fingerprint density at radius 1 is 1.40 bits per heavy atom. The Bertz CT molecular complexity index is 654. The second-order valence-electron chi connectivity index (χ2n) is 5.26. The number of carbonyl (C=O) groups excluding carboxylic acids is 1. The van der Waals surface area contributed by atoms with Crippen molar-refractivity contribution in [1.29, 1.82) is 0 Å². The van der Waals surface area contributed by atoms with E-state index in [0.29, 0.717) is 21.5 Å². The number of benzene rings is 1. The summed E-state index contributed by atoms with van der Waals surface area (Å²) in [6.07, 6.45) is 1.92. The zero-order chi connectivity index (χ0) is 15.1. The molecule has 0 aromatic heterocycles. The number of halogens is 2. The van der Waals surface area contributed by atoms with E-state index in [4.69, 9.17) is 10.7 Å². The van der Waals surface area contributed by atoms with Gasteiger partial charge in [0.2, 0.25) is 0 Å². The Morgan fingerprint density at radius 2 is 2.00 bits per heavy atom. The fourth-order valence-corrected chi connectivity index (χ4v) is 3.71. The maximum atomic E-state index is 12.2. The maximum Gasteiger partial charge on any atom is 0.261 e. The van der Waals surface area contributed by atoms with Gasteiger partial charge in [-0.05, 0) is 43.4 Å². The van der Waals surface area contributed by atoms with Gasteiger partial charge in [0.1, 0.15) is 0 Å². The molecule has 1 fully saturated rings. The minimum atomic E-state index is -3.86. The van der Waals surface area contributed by atoms with Gasteiger partial charge in [0.15, 0.2) is 0 Å². The fourth-order valence-electron chi connectivity index (χ4n) is 2.31. The Morgan fingerprint density at radius 3 is 2.50 bits per heavy atom. The van der Waals surface area contributed by atoms with Crippen molar-refractivity contribution in [1.82, 2.24) is 5.32 Å². The average molecular weight is 381 g/mol. The topological polar surface area (TPSA) is 63.2 Å². The lowest BCUT2D eigenvalue weighted by Gasteiger charge is -2.33. The molecular formula is C13H15BrClNO3S. The first-order valence-electron chi connectivity index (χ1n) is 6.24. The van der Waals surface area contributed by atoms with Gasteiger partial charge in [-0.3, -0.25) is 4.79 Å². The van der Waals surface area contributed by atoms with Crippen LogP contribution in [-0.4, -0.2) is 20.4 Å². The van der Waals surface area contributed by atoms with Crippen LogP contribution in [0.2, 0.25) is 0 Å². The van der Waals surface area contributed by atoms with E-state index in [1.165, 1.54) is 12.1 Å². The molecule has 0 aliphatic heterocycles. The first kappa shape index (κ1) is 15.8. The third-order valence-corrected chi connectivity index (χ3v) is 5.71. The van der Waals surface area contributed by atoms with Crippen LogP contribution in [0.4, 0.5) is 0 Å². The molecule has 110 valence electrons. The van der Waals surface area contributed by atoms with Gasteiger partial charge in [0, 0.05) is 26.8 Å². The van der Waals surface area contributed by atoms with Gasteiger partial charge in [-0.15, -0.1) is 0 Å². The number of rotatable bonds is 3. The Kier molecular flexibility index (Phi) is 4.47. The molecule has 1 aromatic carbocycles. The Balaban J connectivity index is 2.30. The summed E-state index contributed by atoms with van der Waals surface area (Å²) in [6.45, 7) is 3.89. The highest BCUT2D eigenvalue weighted by atomic mass is 79.9. The molecule has 2 rings (SSSR count). The van der Waals surface area contributed by atoms with Gasteiger partial charge in [0.05, 0.1) is 4.90 Å². The van der Waals surface area contributed by atoms with Crippen molar-refractivity contribution in [2.45, 2.75) is 37.6 Å². The quantitative estimate of drug-likeness (QED) is 0.819. The molecule has 0 unspecified atom stereocenters. The Labute approximate surface area is 131 Å². The van der Waals surface area contributed by atoms with Crippen LogP contribution in [0, 0.1) is 12.8 Å². The largest absolute Gasteiger partial charge is 0.349 e. The van der Waals surface area contributed by atoms with E-state index in [-0.39, 0.29) is 16.8 Å². The summed E-state index contributed by atoms with van der Waals surface area (Å²) in [4.78, 5) is 12.2. The maximum absolute atomic E-state index is 12.2. The molecule has 4 nitrogen and oxygen atoms in total. The van der Waals surface area contributed by atoms with Gasteiger partial charge < -0.3 is 5.32 Å². The molecular weight excluding hydrogens is 366 g/mol. The summed E-state index contributed by atoms with van der Waals surface area (Å²) in [5.74, 6) is 0.366. The molecule has 1 N–H and O–H groups in total. The second-order valence-corrected chi connectivity index (χ2v) is 8.68. The van der Waals surface area contributed by atoms with Gasteiger partial charge >= 0.3 is 0 Å². The monoisotopic (exact) mass is 379 g/mol. The lowest BCUT2D eigenvalue weighted by molar-refractivity contribution is 0.0895. The molecule has 0 heterocycles. The summed E-state index contributed by atoms with van der Waals surface area (Å²) in [5, 5.41) is 2.91. The highest BCUT2D eigenvalue weighted by Crippen LogP contribution is 2.29. The average Bonchev–Trinajstić information content (AvgIpc) is 2.28. The SMILES string of the molecule is Cc1c(Br)cc(S(=O)(=O)Cl)cc1C(=O)NC1CC(C)C1. The summed E-state index contributed by atoms with van der Waals surface area (Å²) < 4.78 is 23.4. The van der Waals surface area contributed by atoms with E-state index >= 15 is 0 Å². The smallest absolute Gasteiger partial charge is 0.261 e. The molecule has 7 heteroatoms. The summed E-state index contributed by atoms with van der Waals surface area (Å²) in [7, 11) is 1.48. The van der Waals surface area contributed by atoms with E-state index in [1.807, 2.05) is 0 Å². The van der Waals surface area contributed by atoms with E-state index in [0.717, 1.165) is 12.8 Å². The Hall–Kier alpha value is -0.590. The lowest BCUT2D eigenvalue weighted by Crippen LogP contribution is -2.43. The molecule has 1 aromatic rings. The van der Waals surface area contributed by atoms with Crippen molar-refractivity contribution in [3.63, 3.8) is 0 Å². The molecule has 0 radical (unpaired) electrons. The van der Waals surface area contributed by atoms with E-state index < -0.39 is 9.05 Å². The molecule has 0 saturated heterocycles. The number of nitrogens with one attached hydrogen (secondary N) is 1. The fraction of sp³-hybridized carbons (Fsp3) is 0.462. The van der Waals surface area contributed by atoms with Crippen molar-refractivity contribution in [2.75, 3.05) is 0 Å². The van der Waals surface area contributed by atoms with E-state index in [2.05, 4.69) is 28.2 Å². The normalized spacial score (nSPS) is 22.2. The highest BCUT2D eigenvalue weighted by molar-refractivity contribution is 9.10. The molecule has 0 atom stereocenters. The zero-order valence-corrected chi connectivity index (χ0v) is 14.3. The van der Waals surface area contributed by atoms with E-state index in [1.54, 1.807) is 6.92 Å². The van der Waals surface area contributed by atoms with Gasteiger partial charge in [0.25, 0.3) is 15.0 Å². The zero-order valence-electron chi connectivity index (χ0n) is 11.1. The number of hydrogen-bond acceptors (Lipinski definition) is 3. The van der Waals surface area contributed by atoms with Gasteiger partial charge in [-0.25, -0.2) is 8.42 Å². The third-order valence-electron chi connectivity index (χ3n) is 3.55. The van der Waals surface area contributed by atoms with Gasteiger partial charge in [-0.1, -0.05) is 22.9 Å². The van der Waals surface area contributed by atoms with Crippen LogP contribution < -0.4 is 5.32 Å². The lowest BCUT2D eigenvalue weighted by atomic mass is 9.82. The molecule has 0 spiro atoms. The molecule has 1 saturated carbocycles. The number of amides is 1. The van der Waals surface area contributed by atoms with Crippen molar-refractivity contribution >= 4 is 41.6 Å². The molecule has 0 bridgehead atoms. The van der Waals surface area contributed by atoms with E-state index in [9.17, 15) is 13.2 Å². The van der Waals surface area contributed by atoms with Crippen molar-refractivity contribution in [3.8, 4) is 0 Å². The van der Waals surface area contributed by atoms with Crippen LogP contribution in [0.5, 0.6) is 0 Å². The number of hydrogen-bond donors (Lipinski definition) is 1. The van der Waals surface area contributed by atoms with Crippen molar-refractivity contribution < 1.29 is 13.2 Å². The summed E-state index contributed by atoms with van der Waals surface area (Å²) >= 11 is 3.26. The minimum Gasteiger partial charge on any atom is -0.349 e. The first-order chi connectivity index (χ1) is 9.18. The standard InChI is InChI=1S/C13H15BrClNO3S/c1-7-3-9(4-7)16-13(17)11-5-10(20(15,18)19)6-12(14)8(11)2/h5-7,9H,3-4H2,1-2H3,(H,16,17). The molecule has 1 aliphatic rings. The minimum absolute atomic E-state index is 0.0798. The highest BCUT2D eigenvalue weighted by Gasteiger charge is 2.28. The number of carbonyl (C=O) groups is 1. The molecule has 20 heavy (non-hydrogen) atoms. The predicted octanol–water partition coefficient (Wildman–Crippen LogP) is 3.21. The van der Waals surface area contributed by atoms with Crippen LogP contribution in [0.3, 0.4) is 0 Å². The second kappa shape index (κ2) is 5.66. The predicted molar refractivity (Wildman–Crippen MR) is 81.6 cm³/mol. The van der Waals surface area contributed by atoms with Crippen LogP contribution in [-0.2, 0) is 9.05 Å². The third kappa shape index (κ3) is 3.35. The van der Waals surface area contributed by atoms with Gasteiger partial charge in [-0.2, -0.15) is 0 Å². The first-order valence-corrected chi connectivity index (χ1v) is 9.34. The van der Waals surface area contributed by atoms with Crippen molar-refractivity contribution in [3.05, 3.63) is 27.7 Å². The summed E-state index contributed by atoms with van der Waals surface area (Å²) in [5.41, 5.74) is 1.03. The van der Waals surface area contributed by atoms with Crippen LogP contribution in [0.15, 0.2) is 21.5 Å². The summed E-state index contributed by atoms with van der Waals surface area (Å²) in [6, 6.07) is 2.90.